The highest BCUT2D eigenvalue weighted by molar-refractivity contribution is 6.33. The summed E-state index contributed by atoms with van der Waals surface area (Å²) in [5, 5.41) is 0.570. The quantitative estimate of drug-likeness (QED) is 0.469. The van der Waals surface area contributed by atoms with Crippen molar-refractivity contribution in [1.82, 2.24) is 4.90 Å². The molecule has 0 atom stereocenters. The molecule has 0 bridgehead atoms. The number of carbonyl (C=O) groups excluding carboxylic acids is 1. The van der Waals surface area contributed by atoms with Crippen LogP contribution in [-0.2, 0) is 4.79 Å². The lowest BCUT2D eigenvalue weighted by atomic mass is 10.2. The van der Waals surface area contributed by atoms with Gasteiger partial charge in [-0.2, -0.15) is 0 Å². The Morgan fingerprint density at radius 2 is 1.70 bits per heavy atom. The minimum Gasteiger partial charge on any atom is -0.494 e. The number of hydrogen-bond acceptors (Lipinski definition) is 4. The maximum absolute atomic E-state index is 13.0. The molecule has 1 fully saturated rings. The molecule has 0 N–H and O–H groups in total. The van der Waals surface area contributed by atoms with Gasteiger partial charge in [-0.1, -0.05) is 37.1 Å². The van der Waals surface area contributed by atoms with E-state index in [0.29, 0.717) is 23.9 Å². The highest BCUT2D eigenvalue weighted by Crippen LogP contribution is 2.26. The number of anilines is 1. The van der Waals surface area contributed by atoms with E-state index >= 15 is 0 Å². The summed E-state index contributed by atoms with van der Waals surface area (Å²) >= 11 is 6.38. The molecule has 0 spiro atoms. The maximum atomic E-state index is 13.0. The van der Waals surface area contributed by atoms with Crippen molar-refractivity contribution < 1.29 is 14.3 Å². The Balaban J connectivity index is 1.59. The van der Waals surface area contributed by atoms with Gasteiger partial charge in [-0.3, -0.25) is 4.79 Å². The predicted octanol–water partition coefficient (Wildman–Crippen LogP) is 5.03. The van der Waals surface area contributed by atoms with E-state index in [-0.39, 0.29) is 12.5 Å². The molecule has 1 amide bonds. The first-order valence-electron chi connectivity index (χ1n) is 10.8. The van der Waals surface area contributed by atoms with Crippen molar-refractivity contribution in [1.29, 1.82) is 0 Å². The number of likely N-dealkylation sites (tertiary alicyclic amines) is 1. The molecule has 3 rings (SSSR count). The number of para-hydroxylation sites is 1. The monoisotopic (exact) mass is 430 g/mol. The van der Waals surface area contributed by atoms with Gasteiger partial charge in [-0.25, -0.2) is 0 Å². The standard InChI is InChI=1S/C24H31ClN2O3/c1-2-3-18-29-20-10-12-21(13-11-20)30-19-24(28)27(17-16-26-14-6-7-15-26)23-9-5-4-8-22(23)25/h4-5,8-13H,2-3,6-7,14-19H2,1H3. The van der Waals surface area contributed by atoms with E-state index in [4.69, 9.17) is 21.1 Å². The van der Waals surface area contributed by atoms with Crippen LogP contribution in [0.2, 0.25) is 5.02 Å². The topological polar surface area (TPSA) is 42.0 Å². The number of nitrogens with zero attached hydrogens (tertiary/aromatic N) is 2. The van der Waals surface area contributed by atoms with Gasteiger partial charge in [0.05, 0.1) is 17.3 Å². The van der Waals surface area contributed by atoms with Crippen LogP contribution in [0.4, 0.5) is 5.69 Å². The Morgan fingerprint density at radius 3 is 2.37 bits per heavy atom. The number of amides is 1. The van der Waals surface area contributed by atoms with E-state index < -0.39 is 0 Å². The largest absolute Gasteiger partial charge is 0.494 e. The first-order chi connectivity index (χ1) is 14.7. The normalized spacial score (nSPS) is 13.9. The zero-order valence-corrected chi connectivity index (χ0v) is 18.4. The molecule has 0 unspecified atom stereocenters. The van der Waals surface area contributed by atoms with Crippen molar-refractivity contribution in [3.05, 3.63) is 53.6 Å². The smallest absolute Gasteiger partial charge is 0.264 e. The number of rotatable bonds is 11. The summed E-state index contributed by atoms with van der Waals surface area (Å²) in [6.07, 6.45) is 4.58. The second kappa shape index (κ2) is 11.8. The summed E-state index contributed by atoms with van der Waals surface area (Å²) < 4.78 is 11.4. The number of carbonyl (C=O) groups is 1. The summed E-state index contributed by atoms with van der Waals surface area (Å²) in [6.45, 7) is 6.41. The van der Waals surface area contributed by atoms with Crippen LogP contribution in [0.15, 0.2) is 48.5 Å². The van der Waals surface area contributed by atoms with Gasteiger partial charge < -0.3 is 19.3 Å². The summed E-state index contributed by atoms with van der Waals surface area (Å²) in [6, 6.07) is 14.9. The van der Waals surface area contributed by atoms with Crippen molar-refractivity contribution in [2.45, 2.75) is 32.6 Å². The van der Waals surface area contributed by atoms with Gasteiger partial charge in [0.1, 0.15) is 11.5 Å². The van der Waals surface area contributed by atoms with Crippen LogP contribution in [0.1, 0.15) is 32.6 Å². The number of hydrogen-bond donors (Lipinski definition) is 0. The van der Waals surface area contributed by atoms with Crippen LogP contribution in [0, 0.1) is 0 Å². The van der Waals surface area contributed by atoms with Crippen LogP contribution < -0.4 is 14.4 Å². The summed E-state index contributed by atoms with van der Waals surface area (Å²) in [7, 11) is 0. The number of ether oxygens (including phenoxy) is 2. The Morgan fingerprint density at radius 1 is 1.03 bits per heavy atom. The lowest BCUT2D eigenvalue weighted by molar-refractivity contribution is -0.120. The minimum atomic E-state index is -0.106. The van der Waals surface area contributed by atoms with Gasteiger partial charge >= 0.3 is 0 Å². The maximum Gasteiger partial charge on any atom is 0.264 e. The predicted molar refractivity (Wildman–Crippen MR) is 122 cm³/mol. The van der Waals surface area contributed by atoms with Gasteiger partial charge in [-0.15, -0.1) is 0 Å². The lowest BCUT2D eigenvalue weighted by Gasteiger charge is -2.26. The fraction of sp³-hybridized carbons (Fsp3) is 0.458. The van der Waals surface area contributed by atoms with Crippen molar-refractivity contribution in [3.8, 4) is 11.5 Å². The molecule has 1 aliphatic heterocycles. The summed E-state index contributed by atoms with van der Waals surface area (Å²) in [4.78, 5) is 17.1. The van der Waals surface area contributed by atoms with Crippen LogP contribution >= 0.6 is 11.6 Å². The zero-order valence-electron chi connectivity index (χ0n) is 17.7. The Labute approximate surface area is 184 Å². The average molecular weight is 431 g/mol. The van der Waals surface area contributed by atoms with Crippen LogP contribution in [0.25, 0.3) is 0 Å². The molecular weight excluding hydrogens is 400 g/mol. The summed E-state index contributed by atoms with van der Waals surface area (Å²) in [5.74, 6) is 1.35. The molecule has 0 aromatic heterocycles. The first-order valence-corrected chi connectivity index (χ1v) is 11.2. The van der Waals surface area contributed by atoms with Crippen LogP contribution in [0.5, 0.6) is 11.5 Å². The highest BCUT2D eigenvalue weighted by atomic mass is 35.5. The van der Waals surface area contributed by atoms with E-state index in [1.807, 2.05) is 48.5 Å². The molecule has 0 aliphatic carbocycles. The van der Waals surface area contributed by atoms with E-state index in [0.717, 1.165) is 43.9 Å². The third-order valence-corrected chi connectivity index (χ3v) is 5.56. The van der Waals surface area contributed by atoms with E-state index in [2.05, 4.69) is 11.8 Å². The molecule has 30 heavy (non-hydrogen) atoms. The number of unbranched alkanes of at least 4 members (excludes halogenated alkanes) is 1. The average Bonchev–Trinajstić information content (AvgIpc) is 3.28. The molecule has 2 aromatic rings. The van der Waals surface area contributed by atoms with Crippen LogP contribution in [-0.4, -0.2) is 50.2 Å². The van der Waals surface area contributed by atoms with Crippen molar-refractivity contribution in [3.63, 3.8) is 0 Å². The molecule has 1 heterocycles. The second-order valence-electron chi connectivity index (χ2n) is 7.51. The van der Waals surface area contributed by atoms with Crippen LogP contribution in [0.3, 0.4) is 0 Å². The number of halogens is 1. The Bertz CT molecular complexity index is 791. The van der Waals surface area contributed by atoms with E-state index in [9.17, 15) is 4.79 Å². The SMILES string of the molecule is CCCCOc1ccc(OCC(=O)N(CCN2CCCC2)c2ccccc2Cl)cc1. The Kier molecular flexibility index (Phi) is 8.84. The van der Waals surface area contributed by atoms with Gasteiger partial charge in [0, 0.05) is 13.1 Å². The zero-order chi connectivity index (χ0) is 21.2. The van der Waals surface area contributed by atoms with Gasteiger partial charge in [-0.05, 0) is 68.8 Å². The fourth-order valence-electron chi connectivity index (χ4n) is 3.49. The molecule has 0 radical (unpaired) electrons. The number of benzene rings is 2. The van der Waals surface area contributed by atoms with Crippen molar-refractivity contribution in [2.24, 2.45) is 0 Å². The molecule has 2 aromatic carbocycles. The molecule has 162 valence electrons. The highest BCUT2D eigenvalue weighted by Gasteiger charge is 2.21. The third-order valence-electron chi connectivity index (χ3n) is 5.24. The minimum absolute atomic E-state index is 0.0404. The molecule has 0 saturated carbocycles. The van der Waals surface area contributed by atoms with E-state index in [1.54, 1.807) is 4.90 Å². The molecule has 6 heteroatoms. The van der Waals surface area contributed by atoms with E-state index in [1.165, 1.54) is 12.8 Å². The molecule has 1 saturated heterocycles. The van der Waals surface area contributed by atoms with Gasteiger partial charge in [0.2, 0.25) is 0 Å². The second-order valence-corrected chi connectivity index (χ2v) is 7.91. The lowest BCUT2D eigenvalue weighted by Crippen LogP contribution is -2.40. The third kappa shape index (κ3) is 6.64. The summed E-state index contributed by atoms with van der Waals surface area (Å²) in [5.41, 5.74) is 0.728. The first kappa shape index (κ1) is 22.4. The van der Waals surface area contributed by atoms with Crippen molar-refractivity contribution >= 4 is 23.2 Å². The van der Waals surface area contributed by atoms with Crippen molar-refractivity contribution in [2.75, 3.05) is 44.3 Å². The molecule has 1 aliphatic rings. The fourth-order valence-corrected chi connectivity index (χ4v) is 3.72. The van der Waals surface area contributed by atoms with Gasteiger partial charge in [0.15, 0.2) is 6.61 Å². The molecular formula is C24H31ClN2O3. The van der Waals surface area contributed by atoms with Gasteiger partial charge in [0.25, 0.3) is 5.91 Å². The molecule has 5 nitrogen and oxygen atoms in total. The Hall–Kier alpha value is -2.24.